The van der Waals surface area contributed by atoms with Gasteiger partial charge in [0.05, 0.1) is 28.3 Å². The Morgan fingerprint density at radius 2 is 1.76 bits per heavy atom. The van der Waals surface area contributed by atoms with E-state index in [-0.39, 0.29) is 4.90 Å². The minimum atomic E-state index is -3.79. The maximum Gasteiger partial charge on any atom is 0.279 e. The molecule has 0 aliphatic rings. The number of benzene rings is 3. The number of anilines is 1. The predicted molar refractivity (Wildman–Crippen MR) is 146 cm³/mol. The number of nitrogens with zero attached hydrogens (tertiary/aromatic N) is 2. The second kappa shape index (κ2) is 11.9. The summed E-state index contributed by atoms with van der Waals surface area (Å²) in [5, 5.41) is 0.443. The molecule has 11 heteroatoms. The van der Waals surface area contributed by atoms with E-state index in [2.05, 4.69) is 9.71 Å². The fraction of sp³-hybridized carbons (Fsp3) is 0.231. The highest BCUT2D eigenvalue weighted by Gasteiger charge is 2.15. The maximum atomic E-state index is 13.0. The Balaban J connectivity index is 1.59. The number of fused-ring (bicyclic) bond motifs is 1. The van der Waals surface area contributed by atoms with Gasteiger partial charge in [-0.3, -0.25) is 9.52 Å². The average molecular weight is 560 g/mol. The van der Waals surface area contributed by atoms with E-state index < -0.39 is 15.9 Å². The number of carbonyl (C=O) groups excluding carboxylic acids is 1. The van der Waals surface area contributed by atoms with E-state index in [0.717, 1.165) is 16.0 Å². The number of ether oxygens (including phenoxy) is 2. The third kappa shape index (κ3) is 6.58. The zero-order valence-electron chi connectivity index (χ0n) is 20.3. The number of thiazole rings is 1. The fourth-order valence-corrected chi connectivity index (χ4v) is 5.84. The molecule has 4 aromatic rings. The largest absolute Gasteiger partial charge is 0.494 e. The molecule has 1 aromatic heterocycles. The van der Waals surface area contributed by atoms with Crippen molar-refractivity contribution >= 4 is 54.8 Å². The quantitative estimate of drug-likeness (QED) is 0.265. The maximum absolute atomic E-state index is 13.0. The Labute approximate surface area is 224 Å². The van der Waals surface area contributed by atoms with Gasteiger partial charge in [-0.1, -0.05) is 22.9 Å². The van der Waals surface area contributed by atoms with Crippen LogP contribution < -0.4 is 14.3 Å². The molecule has 0 radical (unpaired) electrons. The van der Waals surface area contributed by atoms with Crippen molar-refractivity contribution in [3.05, 3.63) is 82.1 Å². The Bertz CT molecular complexity index is 1560. The summed E-state index contributed by atoms with van der Waals surface area (Å²) >= 11 is 7.24. The van der Waals surface area contributed by atoms with Gasteiger partial charge in [0, 0.05) is 29.4 Å². The molecule has 0 aliphatic carbocycles. The zero-order chi connectivity index (χ0) is 26.4. The Morgan fingerprint density at radius 1 is 1.03 bits per heavy atom. The van der Waals surface area contributed by atoms with Crippen molar-refractivity contribution in [2.45, 2.75) is 25.3 Å². The van der Waals surface area contributed by atoms with E-state index in [4.69, 9.17) is 21.1 Å². The average Bonchev–Trinajstić information content (AvgIpc) is 3.21. The number of amides is 1. The first-order valence-corrected chi connectivity index (χ1v) is 14.3. The summed E-state index contributed by atoms with van der Waals surface area (Å²) in [6.07, 6.45) is 0. The smallest absolute Gasteiger partial charge is 0.279 e. The van der Waals surface area contributed by atoms with E-state index in [0.29, 0.717) is 47.4 Å². The summed E-state index contributed by atoms with van der Waals surface area (Å²) in [6.45, 7) is 6.03. The molecule has 0 saturated heterocycles. The number of aromatic nitrogens is 1. The molecule has 8 nitrogen and oxygen atoms in total. The predicted octanol–water partition coefficient (Wildman–Crippen LogP) is 5.33. The topological polar surface area (TPSA) is 99.0 Å². The first kappa shape index (κ1) is 26.9. The van der Waals surface area contributed by atoms with Crippen molar-refractivity contribution in [1.82, 2.24) is 4.57 Å². The highest BCUT2D eigenvalue weighted by Crippen LogP contribution is 2.24. The van der Waals surface area contributed by atoms with Crippen molar-refractivity contribution in [1.29, 1.82) is 0 Å². The lowest BCUT2D eigenvalue weighted by Crippen LogP contribution is -2.19. The first-order chi connectivity index (χ1) is 17.8. The Kier molecular flexibility index (Phi) is 8.65. The van der Waals surface area contributed by atoms with Crippen LogP contribution in [0.25, 0.3) is 10.2 Å². The van der Waals surface area contributed by atoms with Crippen LogP contribution in [0.15, 0.2) is 76.6 Å². The van der Waals surface area contributed by atoms with Gasteiger partial charge in [-0.05, 0) is 80.6 Å². The standard InChI is InChI=1S/C26H26ClN3O5S2/c1-3-34-16-15-30-23-14-11-21(35-4-2)17-24(23)36-26(30)28-25(31)18-5-9-20(10-6-18)29-37(32,33)22-12-7-19(27)8-13-22/h5-14,17,29H,3-4,15-16H2,1-2H3. The summed E-state index contributed by atoms with van der Waals surface area (Å²) in [6, 6.07) is 17.8. The zero-order valence-corrected chi connectivity index (χ0v) is 22.7. The molecule has 1 amide bonds. The highest BCUT2D eigenvalue weighted by molar-refractivity contribution is 7.92. The van der Waals surface area contributed by atoms with Gasteiger partial charge in [0.1, 0.15) is 5.75 Å². The van der Waals surface area contributed by atoms with Crippen molar-refractivity contribution < 1.29 is 22.7 Å². The molecule has 1 heterocycles. The minimum Gasteiger partial charge on any atom is -0.494 e. The van der Waals surface area contributed by atoms with Crippen LogP contribution in [0.2, 0.25) is 5.02 Å². The van der Waals surface area contributed by atoms with Crippen molar-refractivity contribution in [2.24, 2.45) is 4.99 Å². The van der Waals surface area contributed by atoms with E-state index in [1.165, 1.54) is 59.9 Å². The van der Waals surface area contributed by atoms with Gasteiger partial charge < -0.3 is 14.0 Å². The Hall–Kier alpha value is -3.18. The highest BCUT2D eigenvalue weighted by atomic mass is 35.5. The second-order valence-corrected chi connectivity index (χ2v) is 11.0. The molecule has 0 spiro atoms. The molecule has 3 aromatic carbocycles. The van der Waals surface area contributed by atoms with Crippen LogP contribution in [-0.4, -0.2) is 38.7 Å². The lowest BCUT2D eigenvalue weighted by atomic mass is 10.2. The molecular formula is C26H26ClN3O5S2. The number of nitrogens with one attached hydrogen (secondary N) is 1. The molecule has 0 atom stereocenters. The number of sulfonamides is 1. The van der Waals surface area contributed by atoms with Gasteiger partial charge >= 0.3 is 0 Å². The van der Waals surface area contributed by atoms with Crippen LogP contribution in [0.4, 0.5) is 5.69 Å². The summed E-state index contributed by atoms with van der Waals surface area (Å²) in [7, 11) is -3.79. The van der Waals surface area contributed by atoms with Crippen LogP contribution in [-0.2, 0) is 21.3 Å². The van der Waals surface area contributed by atoms with Crippen LogP contribution in [0.3, 0.4) is 0 Å². The monoisotopic (exact) mass is 559 g/mol. The number of halogens is 1. The summed E-state index contributed by atoms with van der Waals surface area (Å²) < 4.78 is 41.8. The third-order valence-corrected chi connectivity index (χ3v) is 8.02. The van der Waals surface area contributed by atoms with E-state index >= 15 is 0 Å². The summed E-state index contributed by atoms with van der Waals surface area (Å²) in [4.78, 5) is 18.0. The lowest BCUT2D eigenvalue weighted by molar-refractivity contribution is 0.0996. The number of carbonyl (C=O) groups is 1. The van der Waals surface area contributed by atoms with Gasteiger partial charge in [-0.2, -0.15) is 4.99 Å². The normalized spacial score (nSPS) is 12.1. The lowest BCUT2D eigenvalue weighted by Gasteiger charge is -2.08. The number of hydrogen-bond donors (Lipinski definition) is 1. The van der Waals surface area contributed by atoms with Crippen LogP contribution >= 0.6 is 22.9 Å². The molecule has 1 N–H and O–H groups in total. The molecule has 0 fully saturated rings. The minimum absolute atomic E-state index is 0.0842. The van der Waals surface area contributed by atoms with Gasteiger partial charge in [0.15, 0.2) is 4.80 Å². The van der Waals surface area contributed by atoms with E-state index in [1.807, 2.05) is 36.6 Å². The van der Waals surface area contributed by atoms with Crippen molar-refractivity contribution in [3.63, 3.8) is 0 Å². The van der Waals surface area contributed by atoms with Gasteiger partial charge in [0.25, 0.3) is 15.9 Å². The molecule has 0 saturated carbocycles. The second-order valence-electron chi connectivity index (χ2n) is 7.85. The van der Waals surface area contributed by atoms with E-state index in [9.17, 15) is 13.2 Å². The van der Waals surface area contributed by atoms with Gasteiger partial charge in [-0.25, -0.2) is 8.42 Å². The Morgan fingerprint density at radius 3 is 2.43 bits per heavy atom. The van der Waals surface area contributed by atoms with Gasteiger partial charge in [0.2, 0.25) is 0 Å². The van der Waals surface area contributed by atoms with Crippen LogP contribution in [0.1, 0.15) is 24.2 Å². The molecular weight excluding hydrogens is 534 g/mol. The molecule has 194 valence electrons. The molecule has 37 heavy (non-hydrogen) atoms. The van der Waals surface area contributed by atoms with E-state index in [1.54, 1.807) is 0 Å². The van der Waals surface area contributed by atoms with Crippen molar-refractivity contribution in [2.75, 3.05) is 24.5 Å². The van der Waals surface area contributed by atoms with Crippen LogP contribution in [0, 0.1) is 0 Å². The SMILES string of the molecule is CCOCCn1c(=NC(=O)c2ccc(NS(=O)(=O)c3ccc(Cl)cc3)cc2)sc2cc(OCC)ccc21. The first-order valence-electron chi connectivity index (χ1n) is 11.6. The number of hydrogen-bond acceptors (Lipinski definition) is 6. The van der Waals surface area contributed by atoms with Crippen molar-refractivity contribution in [3.8, 4) is 5.75 Å². The third-order valence-electron chi connectivity index (χ3n) is 5.33. The number of rotatable bonds is 10. The molecule has 4 rings (SSSR count). The fourth-order valence-electron chi connectivity index (χ4n) is 3.57. The molecule has 0 unspecified atom stereocenters. The molecule has 0 aliphatic heterocycles. The molecule has 0 bridgehead atoms. The summed E-state index contributed by atoms with van der Waals surface area (Å²) in [5.41, 5.74) is 1.59. The van der Waals surface area contributed by atoms with Gasteiger partial charge in [-0.15, -0.1) is 0 Å². The van der Waals surface area contributed by atoms with Crippen LogP contribution in [0.5, 0.6) is 5.75 Å². The summed E-state index contributed by atoms with van der Waals surface area (Å²) in [5.74, 6) is 0.316.